The van der Waals surface area contributed by atoms with Gasteiger partial charge < -0.3 is 5.32 Å². The normalized spacial score (nSPS) is 14.7. The molecule has 18 heavy (non-hydrogen) atoms. The monoisotopic (exact) mass is 249 g/mol. The van der Waals surface area contributed by atoms with Crippen molar-refractivity contribution >= 4 is 0 Å². The van der Waals surface area contributed by atoms with E-state index in [9.17, 15) is 0 Å². The summed E-state index contributed by atoms with van der Waals surface area (Å²) < 4.78 is 0. The van der Waals surface area contributed by atoms with Gasteiger partial charge in [0.15, 0.2) is 0 Å². The standard InChI is InChI=1S/C15H27N3/c1-5-15(3,12-16-6-2)13-18(4)11-14-9-7-8-10-17-14/h7-10,16H,5-6,11-13H2,1-4H3. The summed E-state index contributed by atoms with van der Waals surface area (Å²) in [6.45, 7) is 10.9. The lowest BCUT2D eigenvalue weighted by Gasteiger charge is -2.33. The van der Waals surface area contributed by atoms with E-state index in [1.165, 1.54) is 6.42 Å². The van der Waals surface area contributed by atoms with Crippen molar-refractivity contribution in [2.45, 2.75) is 33.7 Å². The lowest BCUT2D eigenvalue weighted by molar-refractivity contribution is 0.175. The molecule has 102 valence electrons. The zero-order valence-electron chi connectivity index (χ0n) is 12.2. The second kappa shape index (κ2) is 7.49. The Morgan fingerprint density at radius 2 is 2.11 bits per heavy atom. The van der Waals surface area contributed by atoms with Crippen molar-refractivity contribution in [2.75, 3.05) is 26.7 Å². The van der Waals surface area contributed by atoms with Gasteiger partial charge in [0.25, 0.3) is 0 Å². The molecule has 0 radical (unpaired) electrons. The molecule has 1 atom stereocenters. The fourth-order valence-corrected chi connectivity index (χ4v) is 2.20. The quantitative estimate of drug-likeness (QED) is 0.767. The zero-order chi connectivity index (χ0) is 13.4. The number of nitrogens with one attached hydrogen (secondary N) is 1. The summed E-state index contributed by atoms with van der Waals surface area (Å²) in [5, 5.41) is 3.47. The highest BCUT2D eigenvalue weighted by Crippen LogP contribution is 2.21. The van der Waals surface area contributed by atoms with E-state index in [1.54, 1.807) is 0 Å². The summed E-state index contributed by atoms with van der Waals surface area (Å²) in [6.07, 6.45) is 3.05. The lowest BCUT2D eigenvalue weighted by Crippen LogP contribution is -2.40. The van der Waals surface area contributed by atoms with Crippen LogP contribution in [-0.4, -0.2) is 36.6 Å². The maximum atomic E-state index is 4.38. The predicted octanol–water partition coefficient (Wildman–Crippen LogP) is 2.54. The summed E-state index contributed by atoms with van der Waals surface area (Å²) >= 11 is 0. The molecule has 1 N–H and O–H groups in total. The van der Waals surface area contributed by atoms with Crippen LogP contribution in [0.25, 0.3) is 0 Å². The van der Waals surface area contributed by atoms with Crippen molar-refractivity contribution in [3.05, 3.63) is 30.1 Å². The second-order valence-corrected chi connectivity index (χ2v) is 5.44. The van der Waals surface area contributed by atoms with E-state index >= 15 is 0 Å². The molecule has 1 unspecified atom stereocenters. The fraction of sp³-hybridized carbons (Fsp3) is 0.667. The van der Waals surface area contributed by atoms with Crippen molar-refractivity contribution in [2.24, 2.45) is 5.41 Å². The summed E-state index contributed by atoms with van der Waals surface area (Å²) in [6, 6.07) is 6.10. The van der Waals surface area contributed by atoms with Gasteiger partial charge in [-0.25, -0.2) is 0 Å². The average molecular weight is 249 g/mol. The van der Waals surface area contributed by atoms with Gasteiger partial charge in [0.1, 0.15) is 0 Å². The molecule has 0 aromatic carbocycles. The molecular weight excluding hydrogens is 222 g/mol. The van der Waals surface area contributed by atoms with E-state index in [0.29, 0.717) is 5.41 Å². The molecule has 0 aliphatic rings. The number of rotatable bonds is 8. The first-order valence-electron chi connectivity index (χ1n) is 6.89. The summed E-state index contributed by atoms with van der Waals surface area (Å²) in [5.74, 6) is 0. The van der Waals surface area contributed by atoms with Gasteiger partial charge in [0.05, 0.1) is 5.69 Å². The van der Waals surface area contributed by atoms with Gasteiger partial charge in [0.2, 0.25) is 0 Å². The molecule has 1 aromatic rings. The highest BCUT2D eigenvalue weighted by molar-refractivity contribution is 5.03. The van der Waals surface area contributed by atoms with Gasteiger partial charge in [-0.3, -0.25) is 9.88 Å². The predicted molar refractivity (Wildman–Crippen MR) is 77.5 cm³/mol. The molecule has 0 saturated heterocycles. The Labute approximate surface area is 112 Å². The molecule has 0 saturated carbocycles. The van der Waals surface area contributed by atoms with E-state index in [4.69, 9.17) is 0 Å². The first-order chi connectivity index (χ1) is 8.59. The van der Waals surface area contributed by atoms with E-state index in [2.05, 4.69) is 49.1 Å². The molecule has 0 fully saturated rings. The largest absolute Gasteiger partial charge is 0.316 e. The molecule has 1 aromatic heterocycles. The molecule has 3 nitrogen and oxygen atoms in total. The van der Waals surface area contributed by atoms with Gasteiger partial charge in [0, 0.05) is 25.8 Å². The number of aromatic nitrogens is 1. The van der Waals surface area contributed by atoms with Crippen LogP contribution >= 0.6 is 0 Å². The SMILES string of the molecule is CCNCC(C)(CC)CN(C)Cc1ccccn1. The third kappa shape index (κ3) is 5.15. The Morgan fingerprint density at radius 3 is 2.67 bits per heavy atom. The number of pyridine rings is 1. The van der Waals surface area contributed by atoms with Crippen LogP contribution < -0.4 is 5.32 Å². The van der Waals surface area contributed by atoms with Crippen LogP contribution in [0.3, 0.4) is 0 Å². The molecule has 1 rings (SSSR count). The highest BCUT2D eigenvalue weighted by Gasteiger charge is 2.23. The molecule has 0 bridgehead atoms. The van der Waals surface area contributed by atoms with Crippen LogP contribution in [-0.2, 0) is 6.54 Å². The molecule has 0 aliphatic heterocycles. The van der Waals surface area contributed by atoms with Crippen molar-refractivity contribution in [3.8, 4) is 0 Å². The third-order valence-corrected chi connectivity index (χ3v) is 3.47. The smallest absolute Gasteiger partial charge is 0.0543 e. The van der Waals surface area contributed by atoms with Gasteiger partial charge >= 0.3 is 0 Å². The average Bonchev–Trinajstić information content (AvgIpc) is 2.37. The van der Waals surface area contributed by atoms with Crippen molar-refractivity contribution < 1.29 is 0 Å². The number of hydrogen-bond donors (Lipinski definition) is 1. The van der Waals surface area contributed by atoms with E-state index in [1.807, 2.05) is 18.3 Å². The second-order valence-electron chi connectivity index (χ2n) is 5.44. The Kier molecular flexibility index (Phi) is 6.30. The summed E-state index contributed by atoms with van der Waals surface area (Å²) in [5.41, 5.74) is 1.47. The van der Waals surface area contributed by atoms with E-state index in [0.717, 1.165) is 31.9 Å². The van der Waals surface area contributed by atoms with E-state index in [-0.39, 0.29) is 0 Å². The van der Waals surface area contributed by atoms with Crippen LogP contribution in [0.1, 0.15) is 32.9 Å². The summed E-state index contributed by atoms with van der Waals surface area (Å²) in [4.78, 5) is 6.74. The Hall–Kier alpha value is -0.930. The van der Waals surface area contributed by atoms with Crippen LogP contribution in [0.4, 0.5) is 0 Å². The first kappa shape index (κ1) is 15.1. The molecule has 0 aliphatic carbocycles. The Balaban J connectivity index is 2.49. The maximum Gasteiger partial charge on any atom is 0.0543 e. The number of nitrogens with zero attached hydrogens (tertiary/aromatic N) is 2. The van der Waals surface area contributed by atoms with Gasteiger partial charge in [-0.15, -0.1) is 0 Å². The number of hydrogen-bond acceptors (Lipinski definition) is 3. The van der Waals surface area contributed by atoms with Crippen molar-refractivity contribution in [3.63, 3.8) is 0 Å². The summed E-state index contributed by atoms with van der Waals surface area (Å²) in [7, 11) is 2.18. The van der Waals surface area contributed by atoms with Crippen LogP contribution in [0.15, 0.2) is 24.4 Å². The third-order valence-electron chi connectivity index (χ3n) is 3.47. The van der Waals surface area contributed by atoms with E-state index < -0.39 is 0 Å². The van der Waals surface area contributed by atoms with Gasteiger partial charge in [-0.1, -0.05) is 26.8 Å². The van der Waals surface area contributed by atoms with Crippen LogP contribution in [0.2, 0.25) is 0 Å². The minimum atomic E-state index is 0.333. The minimum Gasteiger partial charge on any atom is -0.316 e. The molecular formula is C15H27N3. The van der Waals surface area contributed by atoms with Gasteiger partial charge in [-0.2, -0.15) is 0 Å². The maximum absolute atomic E-state index is 4.38. The highest BCUT2D eigenvalue weighted by atomic mass is 15.1. The molecule has 1 heterocycles. The first-order valence-corrected chi connectivity index (χ1v) is 6.89. The van der Waals surface area contributed by atoms with Crippen molar-refractivity contribution in [1.29, 1.82) is 0 Å². The Bertz CT molecular complexity index is 326. The van der Waals surface area contributed by atoms with Crippen molar-refractivity contribution in [1.82, 2.24) is 15.2 Å². The van der Waals surface area contributed by atoms with Crippen LogP contribution in [0.5, 0.6) is 0 Å². The van der Waals surface area contributed by atoms with Gasteiger partial charge in [-0.05, 0) is 37.6 Å². The molecule has 0 amide bonds. The lowest BCUT2D eigenvalue weighted by atomic mass is 9.87. The Morgan fingerprint density at radius 1 is 1.33 bits per heavy atom. The topological polar surface area (TPSA) is 28.2 Å². The zero-order valence-corrected chi connectivity index (χ0v) is 12.2. The fourth-order valence-electron chi connectivity index (χ4n) is 2.20. The van der Waals surface area contributed by atoms with Crippen LogP contribution in [0, 0.1) is 5.41 Å². The molecule has 0 spiro atoms. The minimum absolute atomic E-state index is 0.333. The molecule has 3 heteroatoms.